The highest BCUT2D eigenvalue weighted by Gasteiger charge is 2.51. The molecular weight excluding hydrogens is 305 g/mol. The van der Waals surface area contributed by atoms with Crippen molar-refractivity contribution in [3.8, 4) is 0 Å². The number of amides is 1. The molecule has 3 rings (SSSR count). The standard InChI is InChI=1S/C18H26BNO4/c1-17(2)18(3,4)24-19(23-17)14-9-7-13(8-10-14)16(21)20-12-15-6-5-11-22-15/h7-10,15H,5-6,11-12H2,1-4H3,(H,20,21). The van der Waals surface area contributed by atoms with E-state index in [-0.39, 0.29) is 23.2 Å². The molecule has 130 valence electrons. The highest BCUT2D eigenvalue weighted by Crippen LogP contribution is 2.36. The van der Waals surface area contributed by atoms with Gasteiger partial charge in [0.15, 0.2) is 0 Å². The minimum atomic E-state index is -0.404. The van der Waals surface area contributed by atoms with E-state index in [1.54, 1.807) is 0 Å². The number of benzene rings is 1. The van der Waals surface area contributed by atoms with Crippen molar-refractivity contribution < 1.29 is 18.8 Å². The SMILES string of the molecule is CC1(C)OB(c2ccc(C(=O)NCC3CCCO3)cc2)OC1(C)C. The molecule has 0 aliphatic carbocycles. The second-order valence-corrected chi connectivity index (χ2v) is 7.56. The Bertz CT molecular complexity index is 578. The van der Waals surface area contributed by atoms with Crippen molar-refractivity contribution in [3.05, 3.63) is 29.8 Å². The van der Waals surface area contributed by atoms with Gasteiger partial charge in [0.25, 0.3) is 5.91 Å². The van der Waals surface area contributed by atoms with E-state index in [1.807, 2.05) is 52.0 Å². The lowest BCUT2D eigenvalue weighted by Crippen LogP contribution is -2.41. The first-order chi connectivity index (χ1) is 11.3. The molecule has 1 N–H and O–H groups in total. The Morgan fingerprint density at radius 3 is 2.33 bits per heavy atom. The van der Waals surface area contributed by atoms with Crippen LogP contribution in [-0.2, 0) is 14.0 Å². The number of carbonyl (C=O) groups is 1. The second-order valence-electron chi connectivity index (χ2n) is 7.56. The van der Waals surface area contributed by atoms with Crippen LogP contribution in [0, 0.1) is 0 Å². The van der Waals surface area contributed by atoms with Gasteiger partial charge in [0.05, 0.1) is 17.3 Å². The van der Waals surface area contributed by atoms with Gasteiger partial charge in [-0.3, -0.25) is 4.79 Å². The summed E-state index contributed by atoms with van der Waals surface area (Å²) in [5.41, 5.74) is 0.821. The third kappa shape index (κ3) is 3.51. The van der Waals surface area contributed by atoms with E-state index in [2.05, 4.69) is 5.32 Å². The zero-order chi connectivity index (χ0) is 17.4. The third-order valence-electron chi connectivity index (χ3n) is 5.21. The molecular formula is C18H26BNO4. The van der Waals surface area contributed by atoms with E-state index < -0.39 is 7.12 Å². The van der Waals surface area contributed by atoms with Crippen molar-refractivity contribution in [3.63, 3.8) is 0 Å². The van der Waals surface area contributed by atoms with Crippen molar-refractivity contribution in [1.82, 2.24) is 5.32 Å². The fourth-order valence-corrected chi connectivity index (χ4v) is 2.88. The number of rotatable bonds is 4. The van der Waals surface area contributed by atoms with Gasteiger partial charge in [-0.05, 0) is 58.1 Å². The number of ether oxygens (including phenoxy) is 1. The Labute approximate surface area is 144 Å². The minimum Gasteiger partial charge on any atom is -0.399 e. The summed E-state index contributed by atoms with van der Waals surface area (Å²) in [5.74, 6) is -0.0778. The lowest BCUT2D eigenvalue weighted by molar-refractivity contribution is 0.00578. The van der Waals surface area contributed by atoms with E-state index in [4.69, 9.17) is 14.0 Å². The van der Waals surface area contributed by atoms with Gasteiger partial charge in [-0.2, -0.15) is 0 Å². The molecule has 2 heterocycles. The average molecular weight is 331 g/mol. The maximum atomic E-state index is 12.2. The highest BCUT2D eigenvalue weighted by molar-refractivity contribution is 6.62. The highest BCUT2D eigenvalue weighted by atomic mass is 16.7. The van der Waals surface area contributed by atoms with Crippen molar-refractivity contribution in [2.24, 2.45) is 0 Å². The molecule has 1 aromatic carbocycles. The summed E-state index contributed by atoms with van der Waals surface area (Å²) < 4.78 is 17.6. The Morgan fingerprint density at radius 1 is 1.17 bits per heavy atom. The quantitative estimate of drug-likeness (QED) is 0.856. The van der Waals surface area contributed by atoms with Crippen LogP contribution in [0.3, 0.4) is 0 Å². The molecule has 2 saturated heterocycles. The molecule has 2 fully saturated rings. The van der Waals surface area contributed by atoms with Gasteiger partial charge in [0, 0.05) is 18.7 Å². The number of hydrogen-bond acceptors (Lipinski definition) is 4. The van der Waals surface area contributed by atoms with E-state index in [1.165, 1.54) is 0 Å². The van der Waals surface area contributed by atoms with Crippen LogP contribution in [0.2, 0.25) is 0 Å². The van der Waals surface area contributed by atoms with Crippen LogP contribution in [0.15, 0.2) is 24.3 Å². The summed E-state index contributed by atoms with van der Waals surface area (Å²) in [4.78, 5) is 12.2. The predicted molar refractivity (Wildman–Crippen MR) is 93.5 cm³/mol. The van der Waals surface area contributed by atoms with Gasteiger partial charge >= 0.3 is 7.12 Å². The van der Waals surface area contributed by atoms with Crippen LogP contribution in [0.25, 0.3) is 0 Å². The van der Waals surface area contributed by atoms with Gasteiger partial charge in [-0.1, -0.05) is 12.1 Å². The predicted octanol–water partition coefficient (Wildman–Crippen LogP) is 1.89. The fourth-order valence-electron chi connectivity index (χ4n) is 2.88. The molecule has 24 heavy (non-hydrogen) atoms. The Morgan fingerprint density at radius 2 is 1.79 bits per heavy atom. The molecule has 6 heteroatoms. The van der Waals surface area contributed by atoms with Crippen molar-refractivity contribution >= 4 is 18.5 Å². The lowest BCUT2D eigenvalue weighted by Gasteiger charge is -2.32. The molecule has 0 radical (unpaired) electrons. The summed E-state index contributed by atoms with van der Waals surface area (Å²) in [5, 5.41) is 2.93. The normalized spacial score (nSPS) is 25.0. The molecule has 1 unspecified atom stereocenters. The van der Waals surface area contributed by atoms with Crippen LogP contribution < -0.4 is 10.8 Å². The number of carbonyl (C=O) groups excluding carboxylic acids is 1. The van der Waals surface area contributed by atoms with Crippen LogP contribution >= 0.6 is 0 Å². The molecule has 1 amide bonds. The van der Waals surface area contributed by atoms with Crippen molar-refractivity contribution in [1.29, 1.82) is 0 Å². The number of nitrogens with one attached hydrogen (secondary N) is 1. The van der Waals surface area contributed by atoms with Crippen molar-refractivity contribution in [2.75, 3.05) is 13.2 Å². The first-order valence-electron chi connectivity index (χ1n) is 8.64. The maximum absolute atomic E-state index is 12.2. The van der Waals surface area contributed by atoms with Gasteiger partial charge in [-0.15, -0.1) is 0 Å². The Hall–Kier alpha value is -1.37. The first kappa shape index (κ1) is 17.5. The maximum Gasteiger partial charge on any atom is 0.494 e. The molecule has 0 bridgehead atoms. The van der Waals surface area contributed by atoms with Gasteiger partial charge in [0.2, 0.25) is 0 Å². The molecule has 1 atom stereocenters. The lowest BCUT2D eigenvalue weighted by atomic mass is 9.79. The molecule has 5 nitrogen and oxygen atoms in total. The van der Waals surface area contributed by atoms with Gasteiger partial charge in [0.1, 0.15) is 0 Å². The van der Waals surface area contributed by atoms with Gasteiger partial charge < -0.3 is 19.4 Å². The Kier molecular flexibility index (Phi) is 4.73. The molecule has 0 aromatic heterocycles. The fraction of sp³-hybridized carbons (Fsp3) is 0.611. The third-order valence-corrected chi connectivity index (χ3v) is 5.21. The largest absolute Gasteiger partial charge is 0.494 e. The topological polar surface area (TPSA) is 56.8 Å². The Balaban J connectivity index is 1.60. The summed E-state index contributed by atoms with van der Waals surface area (Å²) in [6.07, 6.45) is 2.24. The molecule has 1 aromatic rings. The van der Waals surface area contributed by atoms with E-state index in [0.29, 0.717) is 12.1 Å². The zero-order valence-corrected chi connectivity index (χ0v) is 14.9. The van der Waals surface area contributed by atoms with Crippen molar-refractivity contribution in [2.45, 2.75) is 57.8 Å². The molecule has 0 saturated carbocycles. The zero-order valence-electron chi connectivity index (χ0n) is 14.9. The first-order valence-corrected chi connectivity index (χ1v) is 8.64. The van der Waals surface area contributed by atoms with Gasteiger partial charge in [-0.25, -0.2) is 0 Å². The summed E-state index contributed by atoms with van der Waals surface area (Å²) in [7, 11) is -0.404. The van der Waals surface area contributed by atoms with Crippen LogP contribution in [0.4, 0.5) is 0 Å². The van der Waals surface area contributed by atoms with Crippen LogP contribution in [-0.4, -0.2) is 43.5 Å². The number of hydrogen-bond donors (Lipinski definition) is 1. The smallest absolute Gasteiger partial charge is 0.399 e. The van der Waals surface area contributed by atoms with Crippen LogP contribution in [0.1, 0.15) is 50.9 Å². The summed E-state index contributed by atoms with van der Waals surface area (Å²) >= 11 is 0. The van der Waals surface area contributed by atoms with E-state index in [9.17, 15) is 4.79 Å². The molecule has 2 aliphatic rings. The van der Waals surface area contributed by atoms with E-state index >= 15 is 0 Å². The van der Waals surface area contributed by atoms with E-state index in [0.717, 1.165) is 24.9 Å². The second kappa shape index (κ2) is 6.50. The molecule has 2 aliphatic heterocycles. The average Bonchev–Trinajstić information content (AvgIpc) is 3.11. The molecule has 0 spiro atoms. The summed E-state index contributed by atoms with van der Waals surface area (Å²) in [6, 6.07) is 7.41. The monoisotopic (exact) mass is 331 g/mol. The van der Waals surface area contributed by atoms with Crippen LogP contribution in [0.5, 0.6) is 0 Å². The minimum absolute atomic E-state index is 0.0778. The summed E-state index contributed by atoms with van der Waals surface area (Å²) in [6.45, 7) is 9.47.